The summed E-state index contributed by atoms with van der Waals surface area (Å²) in [7, 11) is -1.000. The van der Waals surface area contributed by atoms with Crippen LogP contribution in [0.15, 0.2) is 12.4 Å². The van der Waals surface area contributed by atoms with Crippen molar-refractivity contribution in [3.63, 3.8) is 0 Å². The summed E-state index contributed by atoms with van der Waals surface area (Å²) >= 11 is 0. The highest BCUT2D eigenvalue weighted by Crippen LogP contribution is 2.17. The normalized spacial score (nSPS) is 20.7. The molecule has 2 heterocycles. The smallest absolute Gasteiger partial charge is 0.139 e. The van der Waals surface area contributed by atoms with E-state index in [1.54, 1.807) is 0 Å². The summed E-state index contributed by atoms with van der Waals surface area (Å²) in [6.07, 6.45) is 4.02. The standard InChI is InChI=1S/C13H25N3O2Si/c1-19(2,3)7-6-17-11-16-10-12(8-15-16)13-9-14-4-5-18-13/h8,10,13-14H,4-7,9,11H2,1-3H3/t13-/m1/s1. The number of ether oxygens (including phenoxy) is 2. The Kier molecular flexibility index (Phi) is 5.15. The van der Waals surface area contributed by atoms with Gasteiger partial charge in [0.05, 0.1) is 18.9 Å². The van der Waals surface area contributed by atoms with Crippen LogP contribution in [0, 0.1) is 0 Å². The first kappa shape index (κ1) is 14.7. The van der Waals surface area contributed by atoms with Gasteiger partial charge in [0.2, 0.25) is 0 Å². The molecule has 19 heavy (non-hydrogen) atoms. The lowest BCUT2D eigenvalue weighted by molar-refractivity contribution is 0.0273. The van der Waals surface area contributed by atoms with Crippen molar-refractivity contribution < 1.29 is 9.47 Å². The van der Waals surface area contributed by atoms with E-state index in [1.807, 2.05) is 17.1 Å². The fourth-order valence-corrected chi connectivity index (χ4v) is 2.69. The molecule has 108 valence electrons. The number of hydrogen-bond acceptors (Lipinski definition) is 4. The van der Waals surface area contributed by atoms with Crippen LogP contribution in [0.3, 0.4) is 0 Å². The fraction of sp³-hybridized carbons (Fsp3) is 0.769. The van der Waals surface area contributed by atoms with Gasteiger partial charge in [0, 0.05) is 39.5 Å². The molecule has 1 aromatic heterocycles. The molecule has 1 aromatic rings. The Labute approximate surface area is 116 Å². The molecule has 0 spiro atoms. The second-order valence-electron chi connectivity index (χ2n) is 6.22. The van der Waals surface area contributed by atoms with Gasteiger partial charge in [-0.3, -0.25) is 0 Å². The van der Waals surface area contributed by atoms with Crippen LogP contribution in [0.5, 0.6) is 0 Å². The molecule has 0 saturated carbocycles. The van der Waals surface area contributed by atoms with Crippen molar-refractivity contribution in [3.05, 3.63) is 18.0 Å². The van der Waals surface area contributed by atoms with Crippen molar-refractivity contribution >= 4 is 8.07 Å². The highest BCUT2D eigenvalue weighted by molar-refractivity contribution is 6.76. The van der Waals surface area contributed by atoms with Gasteiger partial charge >= 0.3 is 0 Å². The Morgan fingerprint density at radius 1 is 1.53 bits per heavy atom. The third-order valence-electron chi connectivity index (χ3n) is 3.17. The minimum absolute atomic E-state index is 0.129. The zero-order chi connectivity index (χ0) is 13.7. The van der Waals surface area contributed by atoms with Gasteiger partial charge in [0.1, 0.15) is 6.73 Å². The maximum atomic E-state index is 5.70. The topological polar surface area (TPSA) is 48.3 Å². The Morgan fingerprint density at radius 2 is 2.37 bits per heavy atom. The minimum Gasteiger partial charge on any atom is -0.371 e. The van der Waals surface area contributed by atoms with Crippen LogP contribution in [0.1, 0.15) is 11.7 Å². The lowest BCUT2D eigenvalue weighted by Crippen LogP contribution is -2.33. The number of nitrogens with one attached hydrogen (secondary N) is 1. The van der Waals surface area contributed by atoms with Gasteiger partial charge in [-0.2, -0.15) is 5.10 Å². The van der Waals surface area contributed by atoms with E-state index in [2.05, 4.69) is 30.1 Å². The maximum absolute atomic E-state index is 5.70. The Hall–Kier alpha value is -0.693. The van der Waals surface area contributed by atoms with E-state index < -0.39 is 8.07 Å². The van der Waals surface area contributed by atoms with Crippen LogP contribution in [-0.4, -0.2) is 44.2 Å². The minimum atomic E-state index is -1.000. The molecule has 0 aliphatic carbocycles. The first-order valence-electron chi connectivity index (χ1n) is 6.97. The first-order chi connectivity index (χ1) is 9.04. The fourth-order valence-electron chi connectivity index (χ4n) is 1.93. The second-order valence-corrected chi connectivity index (χ2v) is 11.8. The van der Waals surface area contributed by atoms with Crippen molar-refractivity contribution in [1.82, 2.24) is 15.1 Å². The van der Waals surface area contributed by atoms with Gasteiger partial charge in [0.15, 0.2) is 0 Å². The van der Waals surface area contributed by atoms with Gasteiger partial charge in [-0.25, -0.2) is 4.68 Å². The first-order valence-corrected chi connectivity index (χ1v) is 10.7. The average molecular weight is 283 g/mol. The lowest BCUT2D eigenvalue weighted by atomic mass is 10.2. The van der Waals surface area contributed by atoms with Crippen LogP contribution in [0.4, 0.5) is 0 Å². The Balaban J connectivity index is 1.74. The van der Waals surface area contributed by atoms with Crippen molar-refractivity contribution in [2.75, 3.05) is 26.3 Å². The summed E-state index contributed by atoms with van der Waals surface area (Å²) in [6.45, 7) is 11.0. The maximum Gasteiger partial charge on any atom is 0.139 e. The number of morpholine rings is 1. The SMILES string of the molecule is C[Si](C)(C)CCOCn1cc([C@H]2CNCCO2)cn1. The molecule has 6 heteroatoms. The average Bonchev–Trinajstić information content (AvgIpc) is 2.83. The van der Waals surface area contributed by atoms with Gasteiger partial charge in [-0.15, -0.1) is 0 Å². The van der Waals surface area contributed by atoms with E-state index in [9.17, 15) is 0 Å². The molecule has 1 N–H and O–H groups in total. The third kappa shape index (κ3) is 5.06. The molecule has 0 amide bonds. The van der Waals surface area contributed by atoms with Crippen molar-refractivity contribution in [2.24, 2.45) is 0 Å². The third-order valence-corrected chi connectivity index (χ3v) is 4.88. The van der Waals surface area contributed by atoms with E-state index in [-0.39, 0.29) is 6.10 Å². The van der Waals surface area contributed by atoms with Gasteiger partial charge < -0.3 is 14.8 Å². The van der Waals surface area contributed by atoms with Crippen LogP contribution >= 0.6 is 0 Å². The zero-order valence-corrected chi connectivity index (χ0v) is 13.2. The molecule has 5 nitrogen and oxygen atoms in total. The molecule has 1 aliphatic rings. The predicted octanol–water partition coefficient (Wildman–Crippen LogP) is 1.86. The largest absolute Gasteiger partial charge is 0.371 e. The quantitative estimate of drug-likeness (QED) is 0.639. The summed E-state index contributed by atoms with van der Waals surface area (Å²) in [5, 5.41) is 7.64. The molecule has 1 saturated heterocycles. The van der Waals surface area contributed by atoms with E-state index in [4.69, 9.17) is 9.47 Å². The van der Waals surface area contributed by atoms with E-state index in [0.29, 0.717) is 6.73 Å². The zero-order valence-electron chi connectivity index (χ0n) is 12.2. The monoisotopic (exact) mass is 283 g/mol. The summed E-state index contributed by atoms with van der Waals surface area (Å²) in [6, 6.07) is 1.19. The van der Waals surface area contributed by atoms with Crippen LogP contribution in [0.25, 0.3) is 0 Å². The molecule has 1 aliphatic heterocycles. The lowest BCUT2D eigenvalue weighted by Gasteiger charge is -2.22. The summed E-state index contributed by atoms with van der Waals surface area (Å²) < 4.78 is 13.2. The highest BCUT2D eigenvalue weighted by atomic mass is 28.3. The number of aromatic nitrogens is 2. The molecule has 0 radical (unpaired) electrons. The van der Waals surface area contributed by atoms with Crippen LogP contribution < -0.4 is 5.32 Å². The van der Waals surface area contributed by atoms with E-state index >= 15 is 0 Å². The molecule has 0 bridgehead atoms. The molecular weight excluding hydrogens is 258 g/mol. The number of rotatable bonds is 6. The summed E-state index contributed by atoms with van der Waals surface area (Å²) in [5.74, 6) is 0. The number of hydrogen-bond donors (Lipinski definition) is 1. The molecule has 1 atom stereocenters. The number of nitrogens with zero attached hydrogens (tertiary/aromatic N) is 2. The van der Waals surface area contributed by atoms with Crippen molar-refractivity contribution in [1.29, 1.82) is 0 Å². The second kappa shape index (κ2) is 6.65. The van der Waals surface area contributed by atoms with Gasteiger partial charge in [0.25, 0.3) is 0 Å². The van der Waals surface area contributed by atoms with Crippen molar-refractivity contribution in [2.45, 2.75) is 38.5 Å². The van der Waals surface area contributed by atoms with E-state index in [1.165, 1.54) is 6.04 Å². The molecular formula is C13H25N3O2Si. The van der Waals surface area contributed by atoms with Crippen LogP contribution in [-0.2, 0) is 16.2 Å². The summed E-state index contributed by atoms with van der Waals surface area (Å²) in [4.78, 5) is 0. The Morgan fingerprint density at radius 3 is 3.05 bits per heavy atom. The van der Waals surface area contributed by atoms with Gasteiger partial charge in [-0.05, 0) is 6.04 Å². The molecule has 0 unspecified atom stereocenters. The molecule has 1 fully saturated rings. The highest BCUT2D eigenvalue weighted by Gasteiger charge is 2.17. The Bertz CT molecular complexity index is 383. The predicted molar refractivity (Wildman–Crippen MR) is 77.9 cm³/mol. The van der Waals surface area contributed by atoms with Crippen molar-refractivity contribution in [3.8, 4) is 0 Å². The molecule has 0 aromatic carbocycles. The molecule has 2 rings (SSSR count). The van der Waals surface area contributed by atoms with Crippen LogP contribution in [0.2, 0.25) is 25.7 Å². The van der Waals surface area contributed by atoms with E-state index in [0.717, 1.165) is 31.9 Å². The summed E-state index contributed by atoms with van der Waals surface area (Å²) in [5.41, 5.74) is 1.13. The van der Waals surface area contributed by atoms with Gasteiger partial charge in [-0.1, -0.05) is 19.6 Å².